The molecule has 0 bridgehead atoms. The Morgan fingerprint density at radius 1 is 0.306 bits per heavy atom. The monoisotopic (exact) mass is 924 g/mol. The molecule has 2 aliphatic carbocycles. The molecule has 0 N–H and O–H groups in total. The van der Waals surface area contributed by atoms with E-state index in [2.05, 4.69) is 259 Å². The van der Waals surface area contributed by atoms with E-state index in [4.69, 9.17) is 0 Å². The first-order chi connectivity index (χ1) is 34.9. The second kappa shape index (κ2) is 15.2. The number of nitrogens with zero attached hydrogens (tertiary/aromatic N) is 2. The standard InChI is InChI=1S/C70H56N2/c1-41-17-21-45-23-19-43(3)67(55(45)37-41)71(49-29-33-61-57(39-49)51-13-9-11-15-59(51)69(61,5)6)63-35-27-47-26-32-54-64(36-28-48-25-31-53(63)65(47)66(48)54)72(68-44(4)20-24-46-22-18-42(2)38-56(46)68)50-30-34-62-58(40-50)52-14-10-12-16-60(52)70(62,7)8/h9-40H,1-8H3. The molecule has 0 amide bonds. The summed E-state index contributed by atoms with van der Waals surface area (Å²) in [4.78, 5) is 5.16. The maximum absolute atomic E-state index is 2.58. The molecule has 2 heteroatoms. The number of aryl methyl sites for hydroxylation is 4. The van der Waals surface area contributed by atoms with Gasteiger partial charge >= 0.3 is 0 Å². The van der Waals surface area contributed by atoms with Crippen molar-refractivity contribution < 1.29 is 0 Å². The molecule has 2 nitrogen and oxygen atoms in total. The second-order valence-electron chi connectivity index (χ2n) is 22.0. The maximum atomic E-state index is 2.58. The number of fused-ring (bicyclic) bond motifs is 8. The summed E-state index contributed by atoms with van der Waals surface area (Å²) >= 11 is 0. The van der Waals surface area contributed by atoms with E-state index >= 15 is 0 Å². The third-order valence-electron chi connectivity index (χ3n) is 16.9. The van der Waals surface area contributed by atoms with Gasteiger partial charge in [0.1, 0.15) is 0 Å². The van der Waals surface area contributed by atoms with Crippen LogP contribution in [0.2, 0.25) is 0 Å². The third-order valence-corrected chi connectivity index (χ3v) is 16.9. The van der Waals surface area contributed by atoms with Gasteiger partial charge in [-0.05, 0) is 164 Å². The molecule has 0 saturated carbocycles. The van der Waals surface area contributed by atoms with E-state index in [1.54, 1.807) is 0 Å². The lowest BCUT2D eigenvalue weighted by Gasteiger charge is -2.32. The van der Waals surface area contributed by atoms with E-state index in [0.717, 1.165) is 11.4 Å². The minimum Gasteiger partial charge on any atom is -0.309 e. The average molecular weight is 925 g/mol. The highest BCUT2D eigenvalue weighted by Crippen LogP contribution is 2.55. The Hall–Kier alpha value is -8.20. The highest BCUT2D eigenvalue weighted by atomic mass is 15.2. The van der Waals surface area contributed by atoms with Crippen molar-refractivity contribution in [3.8, 4) is 22.3 Å². The minimum absolute atomic E-state index is 0.0926. The van der Waals surface area contributed by atoms with Crippen molar-refractivity contribution in [2.24, 2.45) is 0 Å². The van der Waals surface area contributed by atoms with Crippen molar-refractivity contribution in [2.75, 3.05) is 9.80 Å². The molecule has 14 rings (SSSR count). The van der Waals surface area contributed by atoms with Gasteiger partial charge in [0.15, 0.2) is 0 Å². The van der Waals surface area contributed by atoms with Crippen LogP contribution in [0.15, 0.2) is 194 Å². The molecule has 346 valence electrons. The molecule has 0 aromatic heterocycles. The molecule has 12 aromatic rings. The molecule has 0 spiro atoms. The van der Waals surface area contributed by atoms with Gasteiger partial charge in [-0.25, -0.2) is 0 Å². The lowest BCUT2D eigenvalue weighted by atomic mass is 9.82. The summed E-state index contributed by atoms with van der Waals surface area (Å²) in [6.45, 7) is 18.5. The molecule has 0 atom stereocenters. The summed E-state index contributed by atoms with van der Waals surface area (Å²) in [5, 5.41) is 12.5. The second-order valence-corrected chi connectivity index (χ2v) is 22.0. The largest absolute Gasteiger partial charge is 0.309 e. The zero-order valence-corrected chi connectivity index (χ0v) is 42.4. The van der Waals surface area contributed by atoms with Crippen LogP contribution in [0.1, 0.15) is 72.2 Å². The Labute approximate surface area is 422 Å². The van der Waals surface area contributed by atoms with Crippen LogP contribution in [0.5, 0.6) is 0 Å². The Morgan fingerprint density at radius 2 is 0.681 bits per heavy atom. The SMILES string of the molecule is Cc1ccc2ccc(C)c(N(c3ccc4c(c3)-c3ccccc3C4(C)C)c3ccc4ccc5c(N(c6ccc7c(c6)-c6ccccc6C7(C)C)c6c(C)ccc7ccc(C)cc67)ccc6ccc3c4c65)c2c1. The average Bonchev–Trinajstić information content (AvgIpc) is 3.76. The first-order valence-corrected chi connectivity index (χ1v) is 25.7. The van der Waals surface area contributed by atoms with Crippen molar-refractivity contribution in [2.45, 2.75) is 66.2 Å². The van der Waals surface area contributed by atoms with Gasteiger partial charge in [-0.3, -0.25) is 0 Å². The fourth-order valence-corrected chi connectivity index (χ4v) is 13.3. The van der Waals surface area contributed by atoms with E-state index in [9.17, 15) is 0 Å². The zero-order valence-electron chi connectivity index (χ0n) is 42.4. The molecule has 0 radical (unpaired) electrons. The van der Waals surface area contributed by atoms with Crippen LogP contribution < -0.4 is 9.80 Å². The van der Waals surface area contributed by atoms with E-state index < -0.39 is 0 Å². The Kier molecular flexibility index (Phi) is 8.98. The summed E-state index contributed by atoms with van der Waals surface area (Å²) in [5.41, 5.74) is 22.7. The molecule has 0 unspecified atom stereocenters. The normalized spacial score (nSPS) is 14.1. The van der Waals surface area contributed by atoms with Crippen LogP contribution in [0.25, 0.3) is 76.1 Å². The van der Waals surface area contributed by atoms with Crippen LogP contribution in [0.4, 0.5) is 34.1 Å². The first kappa shape index (κ1) is 42.7. The van der Waals surface area contributed by atoms with Crippen molar-refractivity contribution in [1.82, 2.24) is 0 Å². The lowest BCUT2D eigenvalue weighted by molar-refractivity contribution is 0.660. The molecular weight excluding hydrogens is 869 g/mol. The summed E-state index contributed by atoms with van der Waals surface area (Å²) in [7, 11) is 0. The molecule has 0 fully saturated rings. The Morgan fingerprint density at radius 3 is 1.12 bits per heavy atom. The van der Waals surface area contributed by atoms with Gasteiger partial charge in [0.2, 0.25) is 0 Å². The minimum atomic E-state index is -0.0926. The van der Waals surface area contributed by atoms with Crippen molar-refractivity contribution in [3.63, 3.8) is 0 Å². The van der Waals surface area contributed by atoms with Crippen LogP contribution in [0.3, 0.4) is 0 Å². The highest BCUT2D eigenvalue weighted by Gasteiger charge is 2.38. The topological polar surface area (TPSA) is 6.48 Å². The van der Waals surface area contributed by atoms with Gasteiger partial charge in [0.25, 0.3) is 0 Å². The predicted octanol–water partition coefficient (Wildman–Crippen LogP) is 19.7. The fourth-order valence-electron chi connectivity index (χ4n) is 13.3. The van der Waals surface area contributed by atoms with Gasteiger partial charge in [-0.15, -0.1) is 0 Å². The summed E-state index contributed by atoms with van der Waals surface area (Å²) < 4.78 is 0. The molecule has 0 saturated heterocycles. The van der Waals surface area contributed by atoms with Crippen molar-refractivity contribution in [3.05, 3.63) is 239 Å². The molecule has 0 aliphatic heterocycles. The highest BCUT2D eigenvalue weighted by molar-refractivity contribution is 6.28. The first-order valence-electron chi connectivity index (χ1n) is 25.7. The van der Waals surface area contributed by atoms with Gasteiger partial charge in [-0.1, -0.05) is 184 Å². The molecule has 72 heavy (non-hydrogen) atoms. The van der Waals surface area contributed by atoms with E-state index in [1.807, 2.05) is 0 Å². The number of hydrogen-bond donors (Lipinski definition) is 0. The molecule has 12 aromatic carbocycles. The van der Waals surface area contributed by atoms with Crippen LogP contribution in [-0.2, 0) is 10.8 Å². The smallest absolute Gasteiger partial charge is 0.0569 e. The predicted molar refractivity (Wildman–Crippen MR) is 309 cm³/mol. The number of benzene rings is 12. The quantitative estimate of drug-likeness (QED) is 0.153. The summed E-state index contributed by atoms with van der Waals surface area (Å²) in [6.07, 6.45) is 0. The number of rotatable bonds is 6. The maximum Gasteiger partial charge on any atom is 0.0569 e. The van der Waals surface area contributed by atoms with Crippen LogP contribution in [0, 0.1) is 27.7 Å². The molecule has 2 aliphatic rings. The fraction of sp³-hybridized carbons (Fsp3) is 0.143. The van der Waals surface area contributed by atoms with Crippen molar-refractivity contribution in [1.29, 1.82) is 0 Å². The Bertz CT molecular complexity index is 3990. The summed E-state index contributed by atoms with van der Waals surface area (Å²) in [5.74, 6) is 0. The van der Waals surface area contributed by atoms with Gasteiger partial charge < -0.3 is 9.80 Å². The number of hydrogen-bond acceptors (Lipinski definition) is 2. The van der Waals surface area contributed by atoms with Crippen LogP contribution in [-0.4, -0.2) is 0 Å². The zero-order chi connectivity index (χ0) is 48.9. The van der Waals surface area contributed by atoms with E-state index in [1.165, 1.54) is 143 Å². The molecular formula is C70H56N2. The van der Waals surface area contributed by atoms with Crippen LogP contribution >= 0.6 is 0 Å². The van der Waals surface area contributed by atoms with Gasteiger partial charge in [-0.2, -0.15) is 0 Å². The van der Waals surface area contributed by atoms with Gasteiger partial charge in [0, 0.05) is 43.7 Å². The van der Waals surface area contributed by atoms with Gasteiger partial charge in [0.05, 0.1) is 22.7 Å². The van der Waals surface area contributed by atoms with Crippen molar-refractivity contribution >= 4 is 88.0 Å². The third kappa shape index (κ3) is 5.96. The Balaban J connectivity index is 1.05. The van der Waals surface area contributed by atoms with E-state index in [0.29, 0.717) is 0 Å². The summed E-state index contributed by atoms with van der Waals surface area (Å²) in [6, 6.07) is 74.4. The molecule has 0 heterocycles. The lowest BCUT2D eigenvalue weighted by Crippen LogP contribution is -2.16. The van der Waals surface area contributed by atoms with E-state index in [-0.39, 0.29) is 10.8 Å². The number of anilines is 6.